The van der Waals surface area contributed by atoms with Crippen molar-refractivity contribution in [3.8, 4) is 0 Å². The van der Waals surface area contributed by atoms with Gasteiger partial charge in [0.1, 0.15) is 29.3 Å². The van der Waals surface area contributed by atoms with Crippen LogP contribution in [-0.2, 0) is 19.1 Å². The van der Waals surface area contributed by atoms with Crippen LogP contribution in [0.2, 0.25) is 20.1 Å². The number of anilines is 2. The predicted octanol–water partition coefficient (Wildman–Crippen LogP) is 8.55. The first-order chi connectivity index (χ1) is 37.4. The van der Waals surface area contributed by atoms with E-state index in [9.17, 15) is 9.59 Å². The number of carbonyl (C=O) groups is 2. The molecule has 16 nitrogen and oxygen atoms in total. The van der Waals surface area contributed by atoms with Gasteiger partial charge >= 0.3 is 11.9 Å². The molecule has 6 aliphatic rings. The Labute approximate surface area is 479 Å². The number of hydrogen-bond donors (Lipinski definition) is 3. The number of hydrogen-bond acceptors (Lipinski definition) is 16. The number of alkyl halides is 1. The molecule has 0 amide bonds. The van der Waals surface area contributed by atoms with E-state index in [0.29, 0.717) is 38.8 Å². The number of carbonyl (C=O) groups excluding carboxylic acids is 2. The summed E-state index contributed by atoms with van der Waals surface area (Å²) >= 11 is 30.9. The number of benzene rings is 2. The minimum absolute atomic E-state index is 0.225. The zero-order chi connectivity index (χ0) is 54.4. The summed E-state index contributed by atoms with van der Waals surface area (Å²) in [4.78, 5) is 54.5. The number of amidine groups is 2. The van der Waals surface area contributed by atoms with E-state index in [4.69, 9.17) is 72.7 Å². The van der Waals surface area contributed by atoms with Crippen LogP contribution >= 0.6 is 58.0 Å². The lowest BCUT2D eigenvalue weighted by atomic mass is 9.95. The molecule has 4 fully saturated rings. The Morgan fingerprint density at radius 1 is 0.610 bits per heavy atom. The van der Waals surface area contributed by atoms with Gasteiger partial charge in [0.25, 0.3) is 0 Å². The molecule has 2 aromatic carbocycles. The van der Waals surface area contributed by atoms with E-state index in [1.165, 1.54) is 27.1 Å². The molecule has 4 aromatic rings. The van der Waals surface area contributed by atoms with E-state index in [1.54, 1.807) is 24.3 Å². The van der Waals surface area contributed by atoms with E-state index in [2.05, 4.69) is 69.0 Å². The van der Waals surface area contributed by atoms with Gasteiger partial charge in [0.05, 0.1) is 37.4 Å². The van der Waals surface area contributed by atoms with Gasteiger partial charge in [-0.3, -0.25) is 29.5 Å². The van der Waals surface area contributed by atoms with Crippen LogP contribution in [0.3, 0.4) is 0 Å². The van der Waals surface area contributed by atoms with Gasteiger partial charge in [-0.15, -0.1) is 11.6 Å². The van der Waals surface area contributed by atoms with E-state index >= 15 is 0 Å². The third kappa shape index (κ3) is 15.1. The summed E-state index contributed by atoms with van der Waals surface area (Å²) in [5.74, 6) is 2.86. The fraction of sp³-hybridized carbons (Fsp3) is 0.536. The van der Waals surface area contributed by atoms with Gasteiger partial charge in [-0.25, -0.2) is 14.8 Å². The van der Waals surface area contributed by atoms with Crippen LogP contribution in [0.25, 0.3) is 0 Å². The van der Waals surface area contributed by atoms with Gasteiger partial charge in [-0.2, -0.15) is 0 Å². The smallest absolute Gasteiger partial charge is 0.328 e. The number of ether oxygens (including phenoxy) is 2. The monoisotopic (exact) mass is 1150 g/mol. The number of methoxy groups -OCH3 is 2. The van der Waals surface area contributed by atoms with E-state index in [-0.39, 0.29) is 5.97 Å². The number of piperazine rings is 2. The molecule has 0 spiro atoms. The number of rotatable bonds is 13. The second-order valence-electron chi connectivity index (χ2n) is 20.0. The molecule has 0 saturated carbocycles. The Balaban J connectivity index is 0.000000173. The predicted molar refractivity (Wildman–Crippen MR) is 312 cm³/mol. The molecule has 0 radical (unpaired) electrons. The lowest BCUT2D eigenvalue weighted by Crippen LogP contribution is -2.58. The van der Waals surface area contributed by atoms with Crippen molar-refractivity contribution < 1.29 is 19.1 Å². The first kappa shape index (κ1) is 58.7. The van der Waals surface area contributed by atoms with Gasteiger partial charge < -0.3 is 35.2 Å². The lowest BCUT2D eigenvalue weighted by molar-refractivity contribution is -0.148. The van der Waals surface area contributed by atoms with Crippen LogP contribution in [0, 0.1) is 0 Å². The molecule has 4 atom stereocenters. The van der Waals surface area contributed by atoms with Gasteiger partial charge in [-0.05, 0) is 99.1 Å². The van der Waals surface area contributed by atoms with Gasteiger partial charge in [0.2, 0.25) is 0 Å². The standard InChI is InChI=1S/C28H36Cl2N6O2.C19H29ClN6.C9H8Cl2O2/c1-3-22-18-35(27-24(30)16-20(17-33-27)26-31-10-11-32-26)14-15-36(22)23-8-12-34(13-9-23)25(28(37)38-2)19-4-6-21(29)7-5-19;1-2-15-13-25(9-10-26(15)16-3-5-21-6-4-16)19-17(20)11-14(12-24-19)18-22-7-8-23-18;1-13-9(12)8(11)6-2-4-7(10)5-3-6/h4-7,16-17,22-23,25H,3,8-15,18H2,1-2H3,(H,31,32);11-12,15-16,21H,2-10,13H2,1H3,(H,22,23);2-5,8H,1H3/t22-,25?;15-;/m00./s1. The van der Waals surface area contributed by atoms with Crippen LogP contribution < -0.4 is 25.8 Å². The zero-order valence-electron chi connectivity index (χ0n) is 44.6. The minimum atomic E-state index is -0.762. The number of nitrogens with zero attached hydrogens (tertiary/aromatic N) is 9. The number of aliphatic imine (C=N–C) groups is 2. The summed E-state index contributed by atoms with van der Waals surface area (Å²) in [7, 11) is 2.76. The molecular weight excluding hydrogens is 1080 g/mol. The molecule has 416 valence electrons. The molecule has 3 N–H and O–H groups in total. The van der Waals surface area contributed by atoms with Crippen molar-refractivity contribution in [3.05, 3.63) is 115 Å². The molecule has 6 aliphatic heterocycles. The minimum Gasteiger partial charge on any atom is -0.468 e. The highest BCUT2D eigenvalue weighted by molar-refractivity contribution is 6.34. The highest BCUT2D eigenvalue weighted by atomic mass is 35.5. The number of likely N-dealkylation sites (tertiary alicyclic amines) is 1. The van der Waals surface area contributed by atoms with E-state index in [1.807, 2.05) is 48.8 Å². The van der Waals surface area contributed by atoms with Crippen molar-refractivity contribution in [1.82, 2.24) is 40.6 Å². The van der Waals surface area contributed by atoms with Crippen molar-refractivity contribution in [3.63, 3.8) is 0 Å². The molecule has 10 rings (SSSR count). The van der Waals surface area contributed by atoms with Crippen molar-refractivity contribution in [1.29, 1.82) is 0 Å². The molecule has 8 heterocycles. The topological polar surface area (TPSA) is 155 Å². The summed E-state index contributed by atoms with van der Waals surface area (Å²) < 4.78 is 9.66. The molecular formula is C56H73Cl5N12O4. The third-order valence-electron chi connectivity index (χ3n) is 15.4. The average Bonchev–Trinajstić information content (AvgIpc) is 4.24. The number of pyridine rings is 2. The fourth-order valence-electron chi connectivity index (χ4n) is 11.3. The number of piperidine rings is 2. The first-order valence-electron chi connectivity index (χ1n) is 27.0. The third-order valence-corrected chi connectivity index (χ3v) is 16.9. The molecule has 4 saturated heterocycles. The van der Waals surface area contributed by atoms with Crippen LogP contribution in [0.15, 0.2) is 83.0 Å². The van der Waals surface area contributed by atoms with Crippen LogP contribution in [0.4, 0.5) is 11.6 Å². The summed E-state index contributed by atoms with van der Waals surface area (Å²) in [5.41, 5.74) is 3.53. The normalized spacial score (nSPS) is 21.5. The van der Waals surface area contributed by atoms with Crippen molar-refractivity contribution >= 4 is 93.3 Å². The maximum Gasteiger partial charge on any atom is 0.328 e. The second-order valence-corrected chi connectivity index (χ2v) is 22.2. The SMILES string of the molecule is CC[C@H]1CN(c2ncc(C3=NCCN3)cc2Cl)CCN1C1CCN(C(C(=O)OC)c2ccc(Cl)cc2)CC1.CC[C@H]1CN(c2ncc(C3=NCCN3)cc2Cl)CCN1C1CCNCC1.COC(=O)C(Cl)c1ccc(Cl)cc1. The van der Waals surface area contributed by atoms with Crippen molar-refractivity contribution in [2.24, 2.45) is 9.98 Å². The fourth-order valence-corrected chi connectivity index (χ4v) is 12.4. The van der Waals surface area contributed by atoms with Gasteiger partial charge in [0, 0.05) is 123 Å². The molecule has 2 unspecified atom stereocenters. The highest BCUT2D eigenvalue weighted by Gasteiger charge is 2.38. The summed E-state index contributed by atoms with van der Waals surface area (Å²) in [6.45, 7) is 17.7. The number of halogens is 5. The first-order valence-corrected chi connectivity index (χ1v) is 29.0. The Hall–Kier alpha value is -4.49. The van der Waals surface area contributed by atoms with Gasteiger partial charge in [-0.1, -0.05) is 84.5 Å². The number of aromatic nitrogens is 2. The van der Waals surface area contributed by atoms with Crippen LogP contribution in [0.1, 0.15) is 86.0 Å². The Kier molecular flexibility index (Phi) is 21.8. The Bertz CT molecular complexity index is 2640. The summed E-state index contributed by atoms with van der Waals surface area (Å²) in [6.07, 6.45) is 10.6. The molecule has 0 aliphatic carbocycles. The largest absolute Gasteiger partial charge is 0.468 e. The van der Waals surface area contributed by atoms with Crippen LogP contribution in [0.5, 0.6) is 0 Å². The lowest BCUT2D eigenvalue weighted by Gasteiger charge is -2.48. The molecule has 77 heavy (non-hydrogen) atoms. The molecule has 21 heteroatoms. The molecule has 2 aromatic heterocycles. The quantitative estimate of drug-likeness (QED) is 0.0865. The van der Waals surface area contributed by atoms with Crippen LogP contribution in [-0.4, -0.2) is 178 Å². The second kappa shape index (κ2) is 28.6. The molecule has 0 bridgehead atoms. The number of nitrogens with one attached hydrogen (secondary N) is 3. The number of esters is 2. The maximum absolute atomic E-state index is 12.7. The van der Waals surface area contributed by atoms with Crippen molar-refractivity contribution in [2.75, 3.05) is 116 Å². The van der Waals surface area contributed by atoms with E-state index in [0.717, 1.165) is 168 Å². The summed E-state index contributed by atoms with van der Waals surface area (Å²) in [5, 5.41) is 12.0. The van der Waals surface area contributed by atoms with Gasteiger partial charge in [0.15, 0.2) is 5.38 Å². The maximum atomic E-state index is 12.7. The summed E-state index contributed by atoms with van der Waals surface area (Å²) in [6, 6.07) is 20.0. The average molecular weight is 1160 g/mol. The zero-order valence-corrected chi connectivity index (χ0v) is 48.4. The van der Waals surface area contributed by atoms with Crippen molar-refractivity contribution in [2.45, 2.75) is 88.0 Å². The Morgan fingerprint density at radius 3 is 1.48 bits per heavy atom. The highest BCUT2D eigenvalue weighted by Crippen LogP contribution is 2.34. The van der Waals surface area contributed by atoms with E-state index < -0.39 is 17.4 Å². The Morgan fingerprint density at radius 2 is 1.06 bits per heavy atom.